The van der Waals surface area contributed by atoms with Crippen LogP contribution in [-0.2, 0) is 20.1 Å². The predicted molar refractivity (Wildman–Crippen MR) is 127 cm³/mol. The molecule has 0 spiro atoms. The number of aryl methyl sites for hydroxylation is 1. The molecule has 1 radical (unpaired) electrons. The number of nitrogens with zero attached hydrogens (tertiary/aromatic N) is 2. The summed E-state index contributed by atoms with van der Waals surface area (Å²) >= 11 is 0. The van der Waals surface area contributed by atoms with Crippen molar-refractivity contribution in [2.75, 3.05) is 0 Å². The van der Waals surface area contributed by atoms with Gasteiger partial charge in [-0.1, -0.05) is 54.6 Å². The van der Waals surface area contributed by atoms with Gasteiger partial charge < -0.3 is 9.97 Å². The normalized spacial score (nSPS) is 9.97. The first-order chi connectivity index (χ1) is 16.1. The van der Waals surface area contributed by atoms with Gasteiger partial charge in [-0.2, -0.15) is 0 Å². The van der Waals surface area contributed by atoms with Gasteiger partial charge in [0.1, 0.15) is 0 Å². The van der Waals surface area contributed by atoms with Crippen molar-refractivity contribution in [3.05, 3.63) is 133 Å². The summed E-state index contributed by atoms with van der Waals surface area (Å²) in [6.45, 7) is 1.95. The van der Waals surface area contributed by atoms with E-state index in [4.69, 9.17) is 0 Å². The second kappa shape index (κ2) is 12.1. The first kappa shape index (κ1) is 25.1. The third-order valence-corrected chi connectivity index (χ3v) is 4.91. The van der Waals surface area contributed by atoms with Crippen molar-refractivity contribution >= 4 is 0 Å². The maximum absolute atomic E-state index is 13.3. The van der Waals surface area contributed by atoms with Crippen molar-refractivity contribution in [1.82, 2.24) is 9.97 Å². The molecule has 34 heavy (non-hydrogen) atoms. The Morgan fingerprint density at radius 2 is 1.50 bits per heavy atom. The topological polar surface area (TPSA) is 25.8 Å². The van der Waals surface area contributed by atoms with Crippen molar-refractivity contribution in [3.63, 3.8) is 0 Å². The summed E-state index contributed by atoms with van der Waals surface area (Å²) in [6, 6.07) is 33.0. The number of pyridine rings is 2. The third kappa shape index (κ3) is 6.50. The SMILES string of the molecule is Cc1cnc(-c2[c-]c(F)cc(F)c2)cc1-c1ccccc1.[Ir].[c-]1ccccc1-c1ccccn1. The zero-order valence-electron chi connectivity index (χ0n) is 18.3. The number of aromatic nitrogens is 2. The van der Waals surface area contributed by atoms with Gasteiger partial charge in [0.15, 0.2) is 0 Å². The number of benzene rings is 3. The fraction of sp³-hybridized carbons (Fsp3) is 0.0345. The van der Waals surface area contributed by atoms with Crippen LogP contribution in [0, 0.1) is 30.7 Å². The Balaban J connectivity index is 0.000000212. The standard InChI is InChI=1S/C18H12F2N.C11H8N.Ir/c1-12-11-21-18(14-7-15(19)9-16(20)8-14)10-17(12)13-5-3-2-4-6-13;1-2-6-10(7-3-1)11-8-4-5-9-12-11;/h2-7,9-11H,1H3;1-6,8-9H;/q2*-1;. The Morgan fingerprint density at radius 3 is 2.18 bits per heavy atom. The van der Waals surface area contributed by atoms with Crippen molar-refractivity contribution < 1.29 is 28.9 Å². The smallest absolute Gasteiger partial charge is 0.0446 e. The molecule has 0 atom stereocenters. The number of hydrogen-bond donors (Lipinski definition) is 0. The predicted octanol–water partition coefficient (Wildman–Crippen LogP) is 7.35. The Hall–Kier alpha value is -3.53. The van der Waals surface area contributed by atoms with Gasteiger partial charge in [0, 0.05) is 44.1 Å². The monoisotopic (exact) mass is 627 g/mol. The zero-order chi connectivity index (χ0) is 23.0. The molecule has 2 aromatic heterocycles. The minimum Gasteiger partial charge on any atom is -0.305 e. The molecule has 171 valence electrons. The van der Waals surface area contributed by atoms with Gasteiger partial charge in [0.25, 0.3) is 0 Å². The molecule has 0 amide bonds. The van der Waals surface area contributed by atoms with E-state index in [0.717, 1.165) is 34.0 Å². The molecule has 0 aliphatic rings. The van der Waals surface area contributed by atoms with Crippen LogP contribution in [0.4, 0.5) is 8.78 Å². The van der Waals surface area contributed by atoms with Crippen LogP contribution >= 0.6 is 0 Å². The molecule has 3 aromatic carbocycles. The average Bonchev–Trinajstić information content (AvgIpc) is 2.86. The van der Waals surface area contributed by atoms with E-state index in [0.29, 0.717) is 11.3 Å². The molecule has 0 fully saturated rings. The fourth-order valence-electron chi connectivity index (χ4n) is 3.31. The van der Waals surface area contributed by atoms with Gasteiger partial charge in [-0.05, 0) is 41.1 Å². The molecule has 0 aliphatic carbocycles. The summed E-state index contributed by atoms with van der Waals surface area (Å²) in [5.74, 6) is -1.36. The average molecular weight is 627 g/mol. The quantitative estimate of drug-likeness (QED) is 0.196. The van der Waals surface area contributed by atoms with Crippen LogP contribution in [0.15, 0.2) is 103 Å². The molecular formula is C29H20F2IrN2-2. The summed E-state index contributed by atoms with van der Waals surface area (Å²) in [5, 5.41) is 0. The summed E-state index contributed by atoms with van der Waals surface area (Å²) < 4.78 is 26.6. The summed E-state index contributed by atoms with van der Waals surface area (Å²) in [7, 11) is 0. The molecule has 5 aromatic rings. The fourth-order valence-corrected chi connectivity index (χ4v) is 3.31. The van der Waals surface area contributed by atoms with E-state index in [-0.39, 0.29) is 20.1 Å². The minimum absolute atomic E-state index is 0. The molecular weight excluding hydrogens is 607 g/mol. The number of halogens is 2. The molecule has 0 aliphatic heterocycles. The van der Waals surface area contributed by atoms with Crippen molar-refractivity contribution in [2.24, 2.45) is 0 Å². The molecule has 2 heterocycles. The van der Waals surface area contributed by atoms with Crippen molar-refractivity contribution in [2.45, 2.75) is 6.92 Å². The molecule has 2 nitrogen and oxygen atoms in total. The van der Waals surface area contributed by atoms with Crippen LogP contribution in [0.3, 0.4) is 0 Å². The van der Waals surface area contributed by atoms with E-state index >= 15 is 0 Å². The number of rotatable bonds is 3. The second-order valence-corrected chi connectivity index (χ2v) is 7.30. The first-order valence-corrected chi connectivity index (χ1v) is 10.4. The van der Waals surface area contributed by atoms with Crippen LogP contribution in [0.25, 0.3) is 33.6 Å². The molecule has 5 heteroatoms. The molecule has 0 bridgehead atoms. The molecule has 0 N–H and O–H groups in total. The Kier molecular flexibility index (Phi) is 8.92. The van der Waals surface area contributed by atoms with Crippen LogP contribution in [0.2, 0.25) is 0 Å². The third-order valence-electron chi connectivity index (χ3n) is 4.91. The Labute approximate surface area is 211 Å². The zero-order valence-corrected chi connectivity index (χ0v) is 20.7. The molecule has 0 saturated heterocycles. The Morgan fingerprint density at radius 1 is 0.735 bits per heavy atom. The van der Waals surface area contributed by atoms with Gasteiger partial charge in [0.2, 0.25) is 0 Å². The minimum atomic E-state index is -0.728. The van der Waals surface area contributed by atoms with E-state index in [9.17, 15) is 8.78 Å². The molecule has 0 saturated carbocycles. The number of hydrogen-bond acceptors (Lipinski definition) is 2. The van der Waals surface area contributed by atoms with Crippen LogP contribution in [-0.4, -0.2) is 9.97 Å². The summed E-state index contributed by atoms with van der Waals surface area (Å²) in [5.41, 5.74) is 5.84. The van der Waals surface area contributed by atoms with Crippen LogP contribution in [0.1, 0.15) is 5.56 Å². The van der Waals surface area contributed by atoms with Gasteiger partial charge in [0.05, 0.1) is 0 Å². The first-order valence-electron chi connectivity index (χ1n) is 10.4. The van der Waals surface area contributed by atoms with E-state index in [1.165, 1.54) is 6.07 Å². The molecule has 0 unspecified atom stereocenters. The molecule has 5 rings (SSSR count). The maximum Gasteiger partial charge on any atom is 0.0446 e. The van der Waals surface area contributed by atoms with Crippen molar-refractivity contribution in [3.8, 4) is 33.6 Å². The van der Waals surface area contributed by atoms with Crippen LogP contribution in [0.5, 0.6) is 0 Å². The van der Waals surface area contributed by atoms with E-state index < -0.39 is 11.6 Å². The van der Waals surface area contributed by atoms with Crippen molar-refractivity contribution in [1.29, 1.82) is 0 Å². The van der Waals surface area contributed by atoms with Gasteiger partial charge in [-0.25, -0.2) is 8.78 Å². The Bertz CT molecular complexity index is 1270. The second-order valence-electron chi connectivity index (χ2n) is 7.30. The van der Waals surface area contributed by atoms with Gasteiger partial charge >= 0.3 is 0 Å². The summed E-state index contributed by atoms with van der Waals surface area (Å²) in [4.78, 5) is 8.47. The van der Waals surface area contributed by atoms with Crippen LogP contribution < -0.4 is 0 Å². The largest absolute Gasteiger partial charge is 0.305 e. The van der Waals surface area contributed by atoms with E-state index in [1.54, 1.807) is 12.4 Å². The van der Waals surface area contributed by atoms with Gasteiger partial charge in [-0.3, -0.25) is 0 Å². The van der Waals surface area contributed by atoms with E-state index in [1.807, 2.05) is 85.8 Å². The maximum atomic E-state index is 13.3. The summed E-state index contributed by atoms with van der Waals surface area (Å²) in [6.07, 6.45) is 3.49. The van der Waals surface area contributed by atoms with Gasteiger partial charge in [-0.15, -0.1) is 53.6 Å². The van der Waals surface area contributed by atoms with E-state index in [2.05, 4.69) is 22.1 Å².